The van der Waals surface area contributed by atoms with Gasteiger partial charge in [-0.3, -0.25) is 4.98 Å². The third kappa shape index (κ3) is 21.1. The highest BCUT2D eigenvalue weighted by atomic mass is 16.6. The van der Waals surface area contributed by atoms with E-state index in [1.54, 1.807) is 19.5 Å². The highest BCUT2D eigenvalue weighted by Crippen LogP contribution is 2.13. The van der Waals surface area contributed by atoms with Crippen molar-refractivity contribution in [3.05, 3.63) is 30.6 Å². The van der Waals surface area contributed by atoms with Crippen LogP contribution in [0.15, 0.2) is 30.6 Å². The minimum Gasteiger partial charge on any atom is -0.368 e. The lowest BCUT2D eigenvalue weighted by Crippen LogP contribution is -2.07. The van der Waals surface area contributed by atoms with E-state index >= 15 is 0 Å². The van der Waals surface area contributed by atoms with Gasteiger partial charge >= 0.3 is 0 Å². The first-order valence-corrected chi connectivity index (χ1v) is 10.9. The summed E-state index contributed by atoms with van der Waals surface area (Å²) in [5.74, 6) is 0. The molecule has 1 N–H and O–H groups in total. The molecular weight excluding hydrogens is 322 g/mol. The summed E-state index contributed by atoms with van der Waals surface area (Å²) in [5, 5.41) is 9.23. The minimum atomic E-state index is -0.549. The predicted molar refractivity (Wildman–Crippen MR) is 112 cm³/mol. The molecule has 0 aliphatic heterocycles. The Bertz CT molecular complexity index is 319. The zero-order valence-electron chi connectivity index (χ0n) is 17.4. The standard InChI is InChI=1S/C18H38O2.C5H5N/c1-3-4-5-6-7-8-9-10-11-12-13-14-15-16-17-18(19)20-2;1-2-4-6-5-3-1/h18-19H,3-17H2,1-2H3;1-5H. The molecule has 0 saturated heterocycles. The van der Waals surface area contributed by atoms with Crippen LogP contribution in [0.1, 0.15) is 103 Å². The van der Waals surface area contributed by atoms with Crippen LogP contribution in [0.4, 0.5) is 0 Å². The van der Waals surface area contributed by atoms with Gasteiger partial charge in [-0.2, -0.15) is 0 Å². The van der Waals surface area contributed by atoms with Crippen molar-refractivity contribution in [2.75, 3.05) is 7.11 Å². The number of unbranched alkanes of at least 4 members (excludes halogenated alkanes) is 13. The van der Waals surface area contributed by atoms with Gasteiger partial charge < -0.3 is 9.84 Å². The van der Waals surface area contributed by atoms with Crippen LogP contribution in [0.25, 0.3) is 0 Å². The molecule has 0 fully saturated rings. The first-order valence-electron chi connectivity index (χ1n) is 10.9. The smallest absolute Gasteiger partial charge is 0.154 e. The number of ether oxygens (including phenoxy) is 1. The second-order valence-corrected chi connectivity index (χ2v) is 7.10. The van der Waals surface area contributed by atoms with Crippen molar-refractivity contribution < 1.29 is 9.84 Å². The molecule has 0 radical (unpaired) electrons. The molecule has 0 aliphatic carbocycles. The maximum absolute atomic E-state index is 9.23. The van der Waals surface area contributed by atoms with Gasteiger partial charge in [0.15, 0.2) is 6.29 Å². The van der Waals surface area contributed by atoms with E-state index in [-0.39, 0.29) is 0 Å². The molecule has 0 amide bonds. The van der Waals surface area contributed by atoms with Crippen LogP contribution in [0.2, 0.25) is 0 Å². The fraction of sp³-hybridized carbons (Fsp3) is 0.783. The molecule has 1 unspecified atom stereocenters. The fourth-order valence-corrected chi connectivity index (χ4v) is 2.94. The second-order valence-electron chi connectivity index (χ2n) is 7.10. The van der Waals surface area contributed by atoms with Gasteiger partial charge in [0.1, 0.15) is 0 Å². The molecule has 26 heavy (non-hydrogen) atoms. The zero-order valence-corrected chi connectivity index (χ0v) is 17.4. The summed E-state index contributed by atoms with van der Waals surface area (Å²) >= 11 is 0. The Morgan fingerprint density at radius 3 is 1.42 bits per heavy atom. The van der Waals surface area contributed by atoms with Crippen LogP contribution in [-0.2, 0) is 4.74 Å². The van der Waals surface area contributed by atoms with Crippen molar-refractivity contribution in [3.63, 3.8) is 0 Å². The van der Waals surface area contributed by atoms with Crippen LogP contribution in [0, 0.1) is 0 Å². The Morgan fingerprint density at radius 2 is 1.12 bits per heavy atom. The number of nitrogens with zero attached hydrogens (tertiary/aromatic N) is 1. The van der Waals surface area contributed by atoms with E-state index in [4.69, 9.17) is 4.74 Å². The third-order valence-electron chi connectivity index (χ3n) is 4.64. The SMILES string of the molecule is CCCCCCCCCCCCCCCCC(O)OC.c1ccncc1. The molecule has 1 atom stereocenters. The highest BCUT2D eigenvalue weighted by molar-refractivity contribution is 4.88. The Kier molecular flexibility index (Phi) is 21.3. The molecular formula is C23H43NO2. The molecule has 1 heterocycles. The Morgan fingerprint density at radius 1 is 0.692 bits per heavy atom. The number of hydrogen-bond acceptors (Lipinski definition) is 3. The topological polar surface area (TPSA) is 42.4 Å². The summed E-state index contributed by atoms with van der Waals surface area (Å²) in [6, 6.07) is 5.72. The summed E-state index contributed by atoms with van der Waals surface area (Å²) in [6.45, 7) is 2.28. The second kappa shape index (κ2) is 22.1. The average molecular weight is 366 g/mol. The molecule has 1 aromatic rings. The van der Waals surface area contributed by atoms with Crippen LogP contribution < -0.4 is 0 Å². The predicted octanol–water partition coefficient (Wildman–Crippen LogP) is 6.90. The molecule has 152 valence electrons. The summed E-state index contributed by atoms with van der Waals surface area (Å²) in [5.41, 5.74) is 0. The quantitative estimate of drug-likeness (QED) is 0.256. The summed E-state index contributed by atoms with van der Waals surface area (Å²) in [4.78, 5) is 3.78. The molecule has 0 aromatic carbocycles. The van der Waals surface area contributed by atoms with Crippen LogP contribution in [0.5, 0.6) is 0 Å². The summed E-state index contributed by atoms with van der Waals surface area (Å²) < 4.78 is 4.82. The molecule has 0 bridgehead atoms. The van der Waals surface area contributed by atoms with Crippen LogP contribution in [0.3, 0.4) is 0 Å². The van der Waals surface area contributed by atoms with Gasteiger partial charge in [-0.1, -0.05) is 96.5 Å². The molecule has 1 rings (SSSR count). The van der Waals surface area contributed by atoms with E-state index in [1.165, 1.54) is 83.5 Å². The first kappa shape index (κ1) is 25.1. The molecule has 1 aromatic heterocycles. The summed E-state index contributed by atoms with van der Waals surface area (Å²) in [7, 11) is 1.56. The Labute approximate surface area is 162 Å². The van der Waals surface area contributed by atoms with E-state index < -0.39 is 6.29 Å². The number of aliphatic hydroxyl groups is 1. The number of hydrogen-bond donors (Lipinski definition) is 1. The third-order valence-corrected chi connectivity index (χ3v) is 4.64. The highest BCUT2D eigenvalue weighted by Gasteiger charge is 2.00. The molecule has 0 saturated carbocycles. The zero-order chi connectivity index (χ0) is 19.1. The van der Waals surface area contributed by atoms with Crippen LogP contribution in [-0.4, -0.2) is 23.5 Å². The van der Waals surface area contributed by atoms with Gasteiger partial charge in [-0.05, 0) is 25.0 Å². The monoisotopic (exact) mass is 365 g/mol. The van der Waals surface area contributed by atoms with Crippen molar-refractivity contribution in [1.82, 2.24) is 4.98 Å². The number of aliphatic hydroxyl groups excluding tert-OH is 1. The lowest BCUT2D eigenvalue weighted by atomic mass is 10.0. The van der Waals surface area contributed by atoms with Crippen molar-refractivity contribution in [2.24, 2.45) is 0 Å². The van der Waals surface area contributed by atoms with Crippen molar-refractivity contribution in [2.45, 2.75) is 110 Å². The number of methoxy groups -OCH3 is 1. The van der Waals surface area contributed by atoms with Gasteiger partial charge in [0.25, 0.3) is 0 Å². The lowest BCUT2D eigenvalue weighted by molar-refractivity contribution is -0.0793. The molecule has 3 heteroatoms. The first-order chi connectivity index (χ1) is 12.8. The van der Waals surface area contributed by atoms with E-state index in [0.717, 1.165) is 12.8 Å². The van der Waals surface area contributed by atoms with E-state index in [2.05, 4.69) is 11.9 Å². The normalized spacial score (nSPS) is 11.7. The number of pyridine rings is 1. The van der Waals surface area contributed by atoms with Crippen LogP contribution >= 0.6 is 0 Å². The Balaban J connectivity index is 0.000000867. The van der Waals surface area contributed by atoms with Crippen molar-refractivity contribution in [1.29, 1.82) is 0 Å². The van der Waals surface area contributed by atoms with Crippen molar-refractivity contribution >= 4 is 0 Å². The van der Waals surface area contributed by atoms with Gasteiger partial charge in [0.05, 0.1) is 0 Å². The van der Waals surface area contributed by atoms with E-state index in [9.17, 15) is 5.11 Å². The largest absolute Gasteiger partial charge is 0.368 e. The Hall–Kier alpha value is -0.930. The summed E-state index contributed by atoms with van der Waals surface area (Å²) in [6.07, 6.45) is 22.9. The minimum absolute atomic E-state index is 0.549. The van der Waals surface area contributed by atoms with Crippen molar-refractivity contribution in [3.8, 4) is 0 Å². The average Bonchev–Trinajstić information content (AvgIpc) is 2.70. The maximum atomic E-state index is 9.23. The number of aromatic nitrogens is 1. The lowest BCUT2D eigenvalue weighted by Gasteiger charge is -2.07. The van der Waals surface area contributed by atoms with E-state index in [0.29, 0.717) is 0 Å². The van der Waals surface area contributed by atoms with E-state index in [1.807, 2.05) is 18.2 Å². The fourth-order valence-electron chi connectivity index (χ4n) is 2.94. The van der Waals surface area contributed by atoms with Gasteiger partial charge in [0, 0.05) is 19.5 Å². The number of rotatable bonds is 16. The van der Waals surface area contributed by atoms with Gasteiger partial charge in [-0.25, -0.2) is 0 Å². The maximum Gasteiger partial charge on any atom is 0.154 e. The molecule has 3 nitrogen and oxygen atoms in total. The molecule has 0 aliphatic rings. The van der Waals surface area contributed by atoms with Gasteiger partial charge in [0.2, 0.25) is 0 Å². The van der Waals surface area contributed by atoms with Gasteiger partial charge in [-0.15, -0.1) is 0 Å². The molecule has 0 spiro atoms.